The first-order valence-electron chi connectivity index (χ1n) is 6.29. The van der Waals surface area contributed by atoms with Crippen molar-refractivity contribution >= 4 is 5.78 Å². The molecule has 0 aliphatic carbocycles. The summed E-state index contributed by atoms with van der Waals surface area (Å²) >= 11 is 0. The van der Waals surface area contributed by atoms with Crippen LogP contribution in [0, 0.1) is 0 Å². The molecule has 0 atom stereocenters. The maximum absolute atomic E-state index is 12.2. The van der Waals surface area contributed by atoms with Gasteiger partial charge in [0, 0.05) is 39.5 Å². The zero-order chi connectivity index (χ0) is 15.0. The van der Waals surface area contributed by atoms with Gasteiger partial charge in [0.05, 0.1) is 0 Å². The van der Waals surface area contributed by atoms with Crippen LogP contribution in [0.3, 0.4) is 0 Å². The van der Waals surface area contributed by atoms with Crippen LogP contribution in [-0.2, 0) is 14.1 Å². The quantitative estimate of drug-likeness (QED) is 0.587. The average Bonchev–Trinajstić information content (AvgIpc) is 2.80. The molecule has 1 saturated heterocycles. The number of ketones is 1. The van der Waals surface area contributed by atoms with E-state index in [1.165, 1.54) is 20.2 Å². The highest BCUT2D eigenvalue weighted by Crippen LogP contribution is 2.20. The predicted molar refractivity (Wildman–Crippen MR) is 72.9 cm³/mol. The van der Waals surface area contributed by atoms with E-state index in [2.05, 4.69) is 0 Å². The maximum Gasteiger partial charge on any atom is 0.333 e. The van der Waals surface area contributed by atoms with E-state index in [0.717, 1.165) is 34.2 Å². The maximum atomic E-state index is 12.2. The van der Waals surface area contributed by atoms with Crippen LogP contribution in [0.2, 0.25) is 0 Å². The SMILES string of the molecule is CN1CCC/C1=C/C(=O)c1c(O)n(C)c(=O)n(C)c1=O. The third kappa shape index (κ3) is 2.15. The molecule has 1 fully saturated rings. The molecule has 1 aromatic rings. The van der Waals surface area contributed by atoms with Gasteiger partial charge in [-0.25, -0.2) is 4.79 Å². The Bertz CT molecular complexity index is 712. The van der Waals surface area contributed by atoms with Crippen LogP contribution < -0.4 is 11.2 Å². The van der Waals surface area contributed by atoms with E-state index in [1.807, 2.05) is 11.9 Å². The molecule has 0 radical (unpaired) electrons. The van der Waals surface area contributed by atoms with Crippen LogP contribution in [0.1, 0.15) is 23.2 Å². The van der Waals surface area contributed by atoms with Gasteiger partial charge >= 0.3 is 5.69 Å². The topological polar surface area (TPSA) is 84.5 Å². The van der Waals surface area contributed by atoms with E-state index in [0.29, 0.717) is 0 Å². The van der Waals surface area contributed by atoms with Gasteiger partial charge in [-0.2, -0.15) is 0 Å². The first kappa shape index (κ1) is 14.1. The van der Waals surface area contributed by atoms with Crippen LogP contribution in [-0.4, -0.2) is 38.5 Å². The predicted octanol–water partition coefficient (Wildman–Crippen LogP) is -0.418. The molecule has 108 valence electrons. The highest BCUT2D eigenvalue weighted by molar-refractivity contribution is 6.06. The number of nitrogens with zero attached hydrogens (tertiary/aromatic N) is 3. The molecular formula is C13H17N3O4. The standard InChI is InChI=1S/C13H17N3O4/c1-14-6-4-5-8(14)7-9(17)10-11(18)15(2)13(20)16(3)12(10)19/h7,18H,4-6H2,1-3H3/b8-7-. The van der Waals surface area contributed by atoms with Gasteiger partial charge in [0.25, 0.3) is 5.56 Å². The number of allylic oxidation sites excluding steroid dienone is 2. The number of rotatable bonds is 2. The minimum absolute atomic E-state index is 0.373. The summed E-state index contributed by atoms with van der Waals surface area (Å²) in [5, 5.41) is 9.88. The van der Waals surface area contributed by atoms with Crippen molar-refractivity contribution in [2.75, 3.05) is 13.6 Å². The molecule has 2 rings (SSSR count). The lowest BCUT2D eigenvalue weighted by Crippen LogP contribution is -2.39. The highest BCUT2D eigenvalue weighted by atomic mass is 16.3. The van der Waals surface area contributed by atoms with Crippen molar-refractivity contribution < 1.29 is 9.90 Å². The van der Waals surface area contributed by atoms with E-state index >= 15 is 0 Å². The molecule has 0 bridgehead atoms. The molecule has 20 heavy (non-hydrogen) atoms. The number of aromatic nitrogens is 2. The summed E-state index contributed by atoms with van der Waals surface area (Å²) < 4.78 is 1.69. The van der Waals surface area contributed by atoms with Crippen LogP contribution in [0.4, 0.5) is 0 Å². The van der Waals surface area contributed by atoms with Crippen LogP contribution >= 0.6 is 0 Å². The van der Waals surface area contributed by atoms with Gasteiger partial charge in [-0.15, -0.1) is 0 Å². The fraction of sp³-hybridized carbons (Fsp3) is 0.462. The Morgan fingerprint density at radius 2 is 1.85 bits per heavy atom. The van der Waals surface area contributed by atoms with Gasteiger partial charge < -0.3 is 10.0 Å². The van der Waals surface area contributed by atoms with E-state index in [9.17, 15) is 19.5 Å². The number of aromatic hydroxyl groups is 1. The summed E-state index contributed by atoms with van der Waals surface area (Å²) in [5.41, 5.74) is -1.00. The molecule has 1 N–H and O–H groups in total. The van der Waals surface area contributed by atoms with Gasteiger partial charge in [-0.3, -0.25) is 18.7 Å². The van der Waals surface area contributed by atoms with Crippen molar-refractivity contribution in [3.8, 4) is 5.88 Å². The third-order valence-electron chi connectivity index (χ3n) is 3.59. The van der Waals surface area contributed by atoms with Gasteiger partial charge in [0.2, 0.25) is 5.88 Å². The molecule has 0 amide bonds. The fourth-order valence-electron chi connectivity index (χ4n) is 2.29. The molecule has 0 aromatic carbocycles. The normalized spacial score (nSPS) is 16.9. The first-order valence-corrected chi connectivity index (χ1v) is 6.29. The van der Waals surface area contributed by atoms with Crippen LogP contribution in [0.5, 0.6) is 5.88 Å². The minimum Gasteiger partial charge on any atom is -0.494 e. The fourth-order valence-corrected chi connectivity index (χ4v) is 2.29. The summed E-state index contributed by atoms with van der Waals surface area (Å²) in [6.45, 7) is 0.858. The highest BCUT2D eigenvalue weighted by Gasteiger charge is 2.22. The Labute approximate surface area is 115 Å². The van der Waals surface area contributed by atoms with E-state index < -0.39 is 22.9 Å². The van der Waals surface area contributed by atoms with Crippen LogP contribution in [0.15, 0.2) is 21.4 Å². The van der Waals surface area contributed by atoms with Gasteiger partial charge in [-0.05, 0) is 12.8 Å². The number of carbonyl (C=O) groups excluding carboxylic acids is 1. The lowest BCUT2D eigenvalue weighted by Gasteiger charge is -2.12. The van der Waals surface area contributed by atoms with Crippen molar-refractivity contribution in [3.63, 3.8) is 0 Å². The summed E-state index contributed by atoms with van der Waals surface area (Å²) in [7, 11) is 4.45. The molecule has 0 unspecified atom stereocenters. The van der Waals surface area contributed by atoms with E-state index in [4.69, 9.17) is 0 Å². The Balaban J connectivity index is 2.57. The largest absolute Gasteiger partial charge is 0.494 e. The average molecular weight is 279 g/mol. The molecule has 1 aliphatic rings. The molecular weight excluding hydrogens is 262 g/mol. The van der Waals surface area contributed by atoms with E-state index in [1.54, 1.807) is 0 Å². The zero-order valence-corrected chi connectivity index (χ0v) is 11.7. The van der Waals surface area contributed by atoms with Crippen molar-refractivity contribution in [1.29, 1.82) is 0 Å². The van der Waals surface area contributed by atoms with E-state index in [-0.39, 0.29) is 5.56 Å². The minimum atomic E-state index is -0.784. The van der Waals surface area contributed by atoms with Crippen molar-refractivity contribution in [2.45, 2.75) is 12.8 Å². The second-order valence-electron chi connectivity index (χ2n) is 4.93. The summed E-state index contributed by atoms with van der Waals surface area (Å²) in [4.78, 5) is 37.7. The third-order valence-corrected chi connectivity index (χ3v) is 3.59. The molecule has 2 heterocycles. The number of likely N-dealkylation sites (tertiary alicyclic amines) is 1. The number of carbonyl (C=O) groups is 1. The van der Waals surface area contributed by atoms with Gasteiger partial charge in [-0.1, -0.05) is 0 Å². The number of hydrogen-bond donors (Lipinski definition) is 1. The van der Waals surface area contributed by atoms with Crippen molar-refractivity contribution in [2.24, 2.45) is 14.1 Å². The molecule has 1 aliphatic heterocycles. The number of hydrogen-bond acceptors (Lipinski definition) is 5. The molecule has 1 aromatic heterocycles. The lowest BCUT2D eigenvalue weighted by molar-refractivity contribution is 0.103. The Morgan fingerprint density at radius 3 is 2.40 bits per heavy atom. The van der Waals surface area contributed by atoms with Crippen molar-refractivity contribution in [1.82, 2.24) is 14.0 Å². The van der Waals surface area contributed by atoms with Gasteiger partial charge in [0.15, 0.2) is 5.78 Å². The molecule has 0 saturated carbocycles. The lowest BCUT2D eigenvalue weighted by atomic mass is 10.1. The Kier molecular flexibility index (Phi) is 3.52. The monoisotopic (exact) mass is 279 g/mol. The summed E-state index contributed by atoms with van der Waals surface area (Å²) in [5.74, 6) is -1.18. The first-order chi connectivity index (χ1) is 9.34. The molecule has 7 nitrogen and oxygen atoms in total. The summed E-state index contributed by atoms with van der Waals surface area (Å²) in [6, 6.07) is 0. The second-order valence-corrected chi connectivity index (χ2v) is 4.93. The van der Waals surface area contributed by atoms with Crippen molar-refractivity contribution in [3.05, 3.63) is 38.2 Å². The Morgan fingerprint density at radius 1 is 1.20 bits per heavy atom. The zero-order valence-electron chi connectivity index (χ0n) is 11.7. The Hall–Kier alpha value is -2.31. The molecule has 0 spiro atoms. The second kappa shape index (κ2) is 4.99. The smallest absolute Gasteiger partial charge is 0.333 e. The molecule has 7 heteroatoms. The van der Waals surface area contributed by atoms with Gasteiger partial charge in [0.1, 0.15) is 5.56 Å². The summed E-state index contributed by atoms with van der Waals surface area (Å²) in [6.07, 6.45) is 3.07. The van der Waals surface area contributed by atoms with Crippen LogP contribution in [0.25, 0.3) is 0 Å².